The molecule has 106 valence electrons. The van der Waals surface area contributed by atoms with Crippen LogP contribution in [-0.4, -0.2) is 12.6 Å². The molecular formula is C16H24ClNO. The summed E-state index contributed by atoms with van der Waals surface area (Å²) in [4.78, 5) is 0. The molecule has 0 saturated heterocycles. The van der Waals surface area contributed by atoms with Gasteiger partial charge in [-0.2, -0.15) is 0 Å². The van der Waals surface area contributed by atoms with Crippen molar-refractivity contribution in [3.8, 4) is 5.75 Å². The zero-order valence-corrected chi connectivity index (χ0v) is 13.1. The van der Waals surface area contributed by atoms with E-state index in [1.165, 1.54) is 12.8 Å². The number of benzene rings is 1. The van der Waals surface area contributed by atoms with Gasteiger partial charge < -0.3 is 10.1 Å². The molecule has 0 spiro atoms. The molecule has 0 heterocycles. The van der Waals surface area contributed by atoms with Gasteiger partial charge in [-0.25, -0.2) is 0 Å². The van der Waals surface area contributed by atoms with Gasteiger partial charge >= 0.3 is 0 Å². The highest BCUT2D eigenvalue weighted by molar-refractivity contribution is 6.30. The van der Waals surface area contributed by atoms with E-state index < -0.39 is 0 Å². The summed E-state index contributed by atoms with van der Waals surface area (Å²) in [7, 11) is 0. The molecule has 0 radical (unpaired) electrons. The van der Waals surface area contributed by atoms with Crippen LogP contribution in [0.25, 0.3) is 0 Å². The van der Waals surface area contributed by atoms with Gasteiger partial charge in [0.05, 0.1) is 12.3 Å². The Hall–Kier alpha value is -0.890. The SMILES string of the molecule is CCOc1ccc(Cl)cc1NC1CC(C)(C)CC1C. The highest BCUT2D eigenvalue weighted by Gasteiger charge is 2.36. The summed E-state index contributed by atoms with van der Waals surface area (Å²) >= 11 is 6.10. The Labute approximate surface area is 121 Å². The third kappa shape index (κ3) is 3.56. The summed E-state index contributed by atoms with van der Waals surface area (Å²) in [5.74, 6) is 1.56. The smallest absolute Gasteiger partial charge is 0.142 e. The van der Waals surface area contributed by atoms with Crippen molar-refractivity contribution in [1.29, 1.82) is 0 Å². The van der Waals surface area contributed by atoms with Crippen LogP contribution in [-0.2, 0) is 0 Å². The Morgan fingerprint density at radius 3 is 2.68 bits per heavy atom. The van der Waals surface area contributed by atoms with Gasteiger partial charge in [-0.05, 0) is 49.3 Å². The lowest BCUT2D eigenvalue weighted by atomic mass is 9.91. The minimum atomic E-state index is 0.418. The first-order valence-corrected chi connectivity index (χ1v) is 7.48. The summed E-state index contributed by atoms with van der Waals surface area (Å²) in [6, 6.07) is 6.27. The van der Waals surface area contributed by atoms with E-state index in [4.69, 9.17) is 16.3 Å². The summed E-state index contributed by atoms with van der Waals surface area (Å²) in [5, 5.41) is 4.38. The van der Waals surface area contributed by atoms with Crippen LogP contribution in [0.3, 0.4) is 0 Å². The van der Waals surface area contributed by atoms with E-state index in [0.717, 1.165) is 16.5 Å². The third-order valence-corrected chi connectivity index (χ3v) is 4.15. The molecular weight excluding hydrogens is 258 g/mol. The van der Waals surface area contributed by atoms with E-state index in [1.807, 2.05) is 25.1 Å². The topological polar surface area (TPSA) is 21.3 Å². The molecule has 0 aliphatic heterocycles. The van der Waals surface area contributed by atoms with Crippen LogP contribution in [0.2, 0.25) is 5.02 Å². The molecule has 1 aromatic rings. The molecule has 2 atom stereocenters. The van der Waals surface area contributed by atoms with Crippen LogP contribution in [0.15, 0.2) is 18.2 Å². The largest absolute Gasteiger partial charge is 0.492 e. The Kier molecular flexibility index (Phi) is 4.29. The lowest BCUT2D eigenvalue weighted by Gasteiger charge is -2.21. The van der Waals surface area contributed by atoms with Gasteiger partial charge in [0.15, 0.2) is 0 Å². The molecule has 3 heteroatoms. The molecule has 1 aliphatic rings. The fraction of sp³-hybridized carbons (Fsp3) is 0.625. The van der Waals surface area contributed by atoms with Crippen molar-refractivity contribution in [2.45, 2.75) is 46.6 Å². The minimum Gasteiger partial charge on any atom is -0.492 e. The van der Waals surface area contributed by atoms with Crippen LogP contribution in [0.5, 0.6) is 5.75 Å². The van der Waals surface area contributed by atoms with Gasteiger partial charge in [0.25, 0.3) is 0 Å². The first kappa shape index (κ1) is 14.5. The third-order valence-electron chi connectivity index (χ3n) is 3.92. The quantitative estimate of drug-likeness (QED) is 0.841. The number of hydrogen-bond donors (Lipinski definition) is 1. The highest BCUT2D eigenvalue weighted by atomic mass is 35.5. The summed E-state index contributed by atoms with van der Waals surface area (Å²) in [5.41, 5.74) is 1.44. The summed E-state index contributed by atoms with van der Waals surface area (Å²) < 4.78 is 5.67. The molecule has 0 aromatic heterocycles. The van der Waals surface area contributed by atoms with Gasteiger partial charge in [0.1, 0.15) is 5.75 Å². The molecule has 1 aliphatic carbocycles. The van der Waals surface area contributed by atoms with Crippen LogP contribution < -0.4 is 10.1 Å². The predicted molar refractivity (Wildman–Crippen MR) is 82.2 cm³/mol. The first-order chi connectivity index (χ1) is 8.91. The molecule has 2 rings (SSSR count). The van der Waals surface area contributed by atoms with Crippen molar-refractivity contribution in [2.75, 3.05) is 11.9 Å². The highest BCUT2D eigenvalue weighted by Crippen LogP contribution is 2.43. The maximum Gasteiger partial charge on any atom is 0.142 e. The average molecular weight is 282 g/mol. The predicted octanol–water partition coefficient (Wildman–Crippen LogP) is 4.98. The van der Waals surface area contributed by atoms with E-state index in [0.29, 0.717) is 24.0 Å². The van der Waals surface area contributed by atoms with E-state index in [9.17, 15) is 0 Å². The first-order valence-electron chi connectivity index (χ1n) is 7.10. The number of anilines is 1. The molecule has 2 nitrogen and oxygen atoms in total. The monoisotopic (exact) mass is 281 g/mol. The average Bonchev–Trinajstić information content (AvgIpc) is 2.56. The lowest BCUT2D eigenvalue weighted by molar-refractivity contribution is 0.341. The van der Waals surface area contributed by atoms with Crippen LogP contribution in [0.4, 0.5) is 5.69 Å². The minimum absolute atomic E-state index is 0.418. The Morgan fingerprint density at radius 1 is 1.37 bits per heavy atom. The fourth-order valence-electron chi connectivity index (χ4n) is 3.18. The van der Waals surface area contributed by atoms with Crippen molar-refractivity contribution < 1.29 is 4.74 Å². The molecule has 0 bridgehead atoms. The number of halogens is 1. The van der Waals surface area contributed by atoms with Crippen LogP contribution in [0.1, 0.15) is 40.5 Å². The summed E-state index contributed by atoms with van der Waals surface area (Å²) in [6.07, 6.45) is 2.45. The standard InChI is InChI=1S/C16H24ClNO/c1-5-19-15-7-6-12(17)8-13(15)18-14-10-16(3,4)9-11(14)2/h6-8,11,14,18H,5,9-10H2,1-4H3. The van der Waals surface area contributed by atoms with Crippen molar-refractivity contribution in [2.24, 2.45) is 11.3 Å². The van der Waals surface area contributed by atoms with Crippen molar-refractivity contribution in [1.82, 2.24) is 0 Å². The maximum atomic E-state index is 6.10. The Balaban J connectivity index is 2.16. The molecule has 1 fully saturated rings. The molecule has 1 saturated carbocycles. The second-order valence-electron chi connectivity index (χ2n) is 6.37. The second kappa shape index (κ2) is 5.62. The summed E-state index contributed by atoms with van der Waals surface area (Å²) in [6.45, 7) is 9.66. The number of hydrogen-bond acceptors (Lipinski definition) is 2. The van der Waals surface area contributed by atoms with E-state index in [1.54, 1.807) is 0 Å². The van der Waals surface area contributed by atoms with Crippen LogP contribution >= 0.6 is 11.6 Å². The molecule has 1 aromatic carbocycles. The number of ether oxygens (including phenoxy) is 1. The lowest BCUT2D eigenvalue weighted by Crippen LogP contribution is -2.23. The maximum absolute atomic E-state index is 6.10. The fourth-order valence-corrected chi connectivity index (χ4v) is 3.36. The van der Waals surface area contributed by atoms with E-state index >= 15 is 0 Å². The van der Waals surface area contributed by atoms with Crippen molar-refractivity contribution in [3.63, 3.8) is 0 Å². The number of nitrogens with one attached hydrogen (secondary N) is 1. The molecule has 2 unspecified atom stereocenters. The van der Waals surface area contributed by atoms with Gasteiger partial charge in [0.2, 0.25) is 0 Å². The molecule has 19 heavy (non-hydrogen) atoms. The van der Waals surface area contributed by atoms with E-state index in [2.05, 4.69) is 26.1 Å². The normalized spacial score (nSPS) is 25.3. The van der Waals surface area contributed by atoms with Crippen molar-refractivity contribution in [3.05, 3.63) is 23.2 Å². The Bertz CT molecular complexity index is 444. The van der Waals surface area contributed by atoms with Gasteiger partial charge in [-0.15, -0.1) is 0 Å². The van der Waals surface area contributed by atoms with Crippen LogP contribution in [0, 0.1) is 11.3 Å². The zero-order chi connectivity index (χ0) is 14.0. The molecule has 1 N–H and O–H groups in total. The molecule has 0 amide bonds. The number of rotatable bonds is 4. The van der Waals surface area contributed by atoms with Gasteiger partial charge in [-0.3, -0.25) is 0 Å². The zero-order valence-electron chi connectivity index (χ0n) is 12.3. The van der Waals surface area contributed by atoms with Gasteiger partial charge in [0, 0.05) is 11.1 Å². The van der Waals surface area contributed by atoms with E-state index in [-0.39, 0.29) is 0 Å². The van der Waals surface area contributed by atoms with Gasteiger partial charge in [-0.1, -0.05) is 32.4 Å². The second-order valence-corrected chi connectivity index (χ2v) is 6.81. The Morgan fingerprint density at radius 2 is 2.11 bits per heavy atom. The van der Waals surface area contributed by atoms with Crippen molar-refractivity contribution >= 4 is 17.3 Å².